The number of fused-ring (bicyclic) bond motifs is 3. The van der Waals surface area contributed by atoms with Crippen LogP contribution in [-0.4, -0.2) is 208 Å². The number of nitrogens with one attached hydrogen (secondary N) is 3. The van der Waals surface area contributed by atoms with Gasteiger partial charge in [-0.1, -0.05) is 84.4 Å². The number of pyridine rings is 2. The molecule has 6 aromatic heterocycles. The van der Waals surface area contributed by atoms with Gasteiger partial charge in [-0.15, -0.1) is 0 Å². The summed E-state index contributed by atoms with van der Waals surface area (Å²) in [6, 6.07) is 45.9. The van der Waals surface area contributed by atoms with E-state index in [1.165, 1.54) is 16.0 Å². The average molecular weight is 1690 g/mol. The molecule has 12 aromatic rings. The molecule has 2 fully saturated rings. The molecular weight excluding hydrogens is 1590 g/mol. The highest BCUT2D eigenvalue weighted by atomic mass is 35.5. The number of ether oxygens (including phenoxy) is 4. The second-order valence-electron chi connectivity index (χ2n) is 31.5. The minimum Gasteiger partial charge on any atom is -0.497 e. The van der Waals surface area contributed by atoms with E-state index in [4.69, 9.17) is 45.5 Å². The summed E-state index contributed by atoms with van der Waals surface area (Å²) in [5.74, 6) is 5.77. The number of urea groups is 3. The van der Waals surface area contributed by atoms with E-state index in [-0.39, 0.29) is 24.6 Å². The summed E-state index contributed by atoms with van der Waals surface area (Å²) in [6.07, 6.45) is 12.1. The van der Waals surface area contributed by atoms with Crippen LogP contribution in [0.25, 0.3) is 0 Å². The summed E-state index contributed by atoms with van der Waals surface area (Å²) >= 11 is 6.63. The van der Waals surface area contributed by atoms with E-state index >= 15 is 0 Å². The maximum Gasteiger partial charge on any atom is 0.336 e. The fourth-order valence-corrected chi connectivity index (χ4v) is 15.9. The second kappa shape index (κ2) is 38.3. The number of hydrogen-bond donors (Lipinski definition) is 3. The first-order chi connectivity index (χ1) is 60.1. The number of nitrogens with zero attached hydrogens (tertiary/aromatic N) is 21. The molecule has 0 bridgehead atoms. The SMILES string of the molecule is COc1ccc(N2C(=O)N(c3c(C)cccc3C)Cc3cnc(Nc4ccc(CN5CCN(C)CC5)cc4)nc32)nc1.COc1ccc(N2C(=O)N(c3c(C)cccc3C)Cc3cnc(Nc4cnn(CCN(C)C)c4)nc32)nc1.COc1ccc(N2C(=O)N(c3c(C)cccc3Cl)Cc3cnc(Nc4ccc(CN5CCN(C)CC5)cc4)nc32)c(OC)c1. The maximum absolute atomic E-state index is 14.3. The predicted octanol–water partition coefficient (Wildman–Crippen LogP) is 15.8. The lowest BCUT2D eigenvalue weighted by Crippen LogP contribution is -2.46. The number of aryl methyl sites for hydroxylation is 5. The lowest BCUT2D eigenvalue weighted by atomic mass is 10.1. The molecule has 5 aliphatic rings. The first kappa shape index (κ1) is 85.5. The zero-order chi connectivity index (χ0) is 86.8. The first-order valence-corrected chi connectivity index (χ1v) is 41.5. The number of rotatable bonds is 23. The fourth-order valence-electron chi connectivity index (χ4n) is 15.6. The molecule has 5 aliphatic heterocycles. The van der Waals surface area contributed by atoms with Crippen LogP contribution in [0.4, 0.5) is 101 Å². The van der Waals surface area contributed by atoms with Gasteiger partial charge in [0.2, 0.25) is 17.8 Å². The molecule has 640 valence electrons. The lowest BCUT2D eigenvalue weighted by Gasteiger charge is -2.37. The van der Waals surface area contributed by atoms with E-state index in [1.807, 2.05) is 132 Å². The number of carbonyl (C=O) groups excluding carboxylic acids is 3. The van der Waals surface area contributed by atoms with Gasteiger partial charge in [0.1, 0.15) is 34.6 Å². The number of halogens is 1. The van der Waals surface area contributed by atoms with Crippen molar-refractivity contribution >= 4 is 116 Å². The third-order valence-electron chi connectivity index (χ3n) is 22.4. The molecule has 32 heteroatoms. The van der Waals surface area contributed by atoms with Gasteiger partial charge in [0.15, 0.2) is 17.5 Å². The van der Waals surface area contributed by atoms with Crippen molar-refractivity contribution in [2.24, 2.45) is 0 Å². The monoisotopic (exact) mass is 1690 g/mol. The van der Waals surface area contributed by atoms with Crippen LogP contribution in [0.2, 0.25) is 5.02 Å². The van der Waals surface area contributed by atoms with Gasteiger partial charge in [0, 0.05) is 131 Å². The summed E-state index contributed by atoms with van der Waals surface area (Å²) in [4.78, 5) is 101. The van der Waals surface area contributed by atoms with Gasteiger partial charge >= 0.3 is 18.1 Å². The van der Waals surface area contributed by atoms with Crippen LogP contribution < -0.4 is 64.3 Å². The number of anilines is 15. The van der Waals surface area contributed by atoms with Crippen molar-refractivity contribution in [2.75, 3.05) is 161 Å². The molecule has 31 nitrogen and oxygen atoms in total. The molecule has 17 rings (SSSR count). The summed E-state index contributed by atoms with van der Waals surface area (Å²) in [5, 5.41) is 14.7. The molecule has 124 heavy (non-hydrogen) atoms. The van der Waals surface area contributed by atoms with Crippen molar-refractivity contribution in [3.8, 4) is 23.0 Å². The fraction of sp³-hybridized carbons (Fsp3) is 0.304. The van der Waals surface area contributed by atoms with E-state index in [1.54, 1.807) is 139 Å². The van der Waals surface area contributed by atoms with Crippen molar-refractivity contribution in [1.82, 2.24) is 74.2 Å². The van der Waals surface area contributed by atoms with Crippen LogP contribution in [-0.2, 0) is 39.3 Å². The summed E-state index contributed by atoms with van der Waals surface area (Å²) in [5.41, 5.74) is 15.3. The van der Waals surface area contributed by atoms with E-state index in [2.05, 4.69) is 109 Å². The number of methoxy groups -OCH3 is 4. The zero-order valence-electron chi connectivity index (χ0n) is 72.1. The maximum atomic E-state index is 14.3. The Morgan fingerprint density at radius 3 is 1.22 bits per heavy atom. The Hall–Kier alpha value is -13.4. The number of aromatic nitrogens is 10. The Labute approximate surface area is 727 Å². The highest BCUT2D eigenvalue weighted by molar-refractivity contribution is 6.34. The molecule has 6 aromatic carbocycles. The molecule has 11 heterocycles. The quantitative estimate of drug-likeness (QED) is 0.0536. The zero-order valence-corrected chi connectivity index (χ0v) is 72.9. The van der Waals surface area contributed by atoms with Crippen LogP contribution in [0.3, 0.4) is 0 Å². The van der Waals surface area contributed by atoms with E-state index in [0.717, 1.165) is 151 Å². The van der Waals surface area contributed by atoms with E-state index in [9.17, 15) is 14.4 Å². The van der Waals surface area contributed by atoms with Gasteiger partial charge < -0.3 is 49.6 Å². The Bertz CT molecular complexity index is 5730. The number of carbonyl (C=O) groups is 3. The van der Waals surface area contributed by atoms with Gasteiger partial charge in [0.25, 0.3) is 0 Å². The Morgan fingerprint density at radius 2 is 0.815 bits per heavy atom. The summed E-state index contributed by atoms with van der Waals surface area (Å²) in [7, 11) is 14.7. The molecule has 0 unspecified atom stereocenters. The first-order valence-electron chi connectivity index (χ1n) is 41.1. The lowest BCUT2D eigenvalue weighted by molar-refractivity contribution is 0.148. The van der Waals surface area contributed by atoms with Crippen LogP contribution in [0.15, 0.2) is 189 Å². The molecule has 6 amide bonds. The predicted molar refractivity (Wildman–Crippen MR) is 485 cm³/mol. The highest BCUT2D eigenvalue weighted by Gasteiger charge is 2.41. The molecule has 0 spiro atoms. The third kappa shape index (κ3) is 19.4. The van der Waals surface area contributed by atoms with Crippen LogP contribution in [0.5, 0.6) is 23.0 Å². The Kier molecular flexibility index (Phi) is 26.4. The molecule has 0 aliphatic carbocycles. The van der Waals surface area contributed by atoms with Crippen molar-refractivity contribution in [2.45, 2.75) is 73.9 Å². The minimum absolute atomic E-state index is 0.226. The van der Waals surface area contributed by atoms with Crippen LogP contribution in [0, 0.1) is 34.6 Å². The van der Waals surface area contributed by atoms with Gasteiger partial charge in [0.05, 0.1) is 107 Å². The minimum atomic E-state index is -0.310. The van der Waals surface area contributed by atoms with Crippen LogP contribution in [0.1, 0.15) is 55.6 Å². The van der Waals surface area contributed by atoms with Gasteiger partial charge in [-0.3, -0.25) is 29.2 Å². The number of amides is 6. The van der Waals surface area contributed by atoms with E-state index < -0.39 is 0 Å². The van der Waals surface area contributed by atoms with Crippen molar-refractivity contribution in [3.63, 3.8) is 0 Å². The summed E-state index contributed by atoms with van der Waals surface area (Å²) < 4.78 is 23.5. The largest absolute Gasteiger partial charge is 0.497 e. The number of benzene rings is 6. The van der Waals surface area contributed by atoms with Crippen molar-refractivity contribution < 1.29 is 33.3 Å². The Morgan fingerprint density at radius 1 is 0.419 bits per heavy atom. The molecular formula is C92H103ClN24O7. The number of para-hydroxylation sites is 3. The van der Waals surface area contributed by atoms with Crippen molar-refractivity contribution in [3.05, 3.63) is 250 Å². The normalized spacial score (nSPS) is 15.0. The molecule has 0 atom stereocenters. The van der Waals surface area contributed by atoms with Gasteiger partial charge in [-0.05, 0) is 168 Å². The van der Waals surface area contributed by atoms with Crippen LogP contribution >= 0.6 is 11.6 Å². The topological polar surface area (TPSA) is 281 Å². The third-order valence-corrected chi connectivity index (χ3v) is 22.7. The molecule has 3 N–H and O–H groups in total. The second-order valence-corrected chi connectivity index (χ2v) is 31.9. The Balaban J connectivity index is 0.000000144. The highest BCUT2D eigenvalue weighted by Crippen LogP contribution is 2.46. The van der Waals surface area contributed by atoms with Gasteiger partial charge in [-0.25, -0.2) is 54.0 Å². The molecule has 0 radical (unpaired) electrons. The van der Waals surface area contributed by atoms with Crippen molar-refractivity contribution in [1.29, 1.82) is 0 Å². The average Bonchev–Trinajstić information content (AvgIpc) is 0.762. The number of piperazine rings is 2. The standard InChI is InChI=1S/C33H36ClN7O3.C32H36N8O2.C27H31N9O2/c1-22-6-5-7-27(34)30(22)40-21-24-19-35-32(36-25-10-8-23(9-11-25)20-39-16-14-38(2)15-17-39)37-31(24)41(33(40)42)28-13-12-26(43-3)18-29(28)44-4;1-22-6-5-7-23(2)29(22)39-21-25-18-34-31(36-30(25)40(32(39)41)28-13-12-27(42-4)19-33-28)35-26-10-8-24(9-11-26)20-38-16-14-37(3)15-17-38;1-18-7-6-8-19(2)24(18)35-16-20-13-29-26(31-21-14-30-34(17-21)12-11-33(3)4)32-25(20)36(27(35)37)23-10-9-22(38-5)15-28-23/h5-13,18-19H,14-17,20-21H2,1-4H3,(H,35,36,37);5-13,18-19H,14-17,20-21H2,1-4H3,(H,34,35,36);6-10,13-15,17H,11-12,16H2,1-5H3,(H,29,31,32). The van der Waals surface area contributed by atoms with Gasteiger partial charge in [-0.2, -0.15) is 20.1 Å². The van der Waals surface area contributed by atoms with E-state index in [0.29, 0.717) is 99.4 Å². The number of hydrogen-bond acceptors (Lipinski definition) is 24. The summed E-state index contributed by atoms with van der Waals surface area (Å²) in [6.45, 7) is 23.1. The number of likely N-dealkylation sites (N-methyl/N-ethyl adjacent to an activating group) is 3. The molecule has 0 saturated carbocycles. The smallest absolute Gasteiger partial charge is 0.336 e. The molecule has 2 saturated heterocycles.